The fourth-order valence-corrected chi connectivity index (χ4v) is 4.45. The van der Waals surface area contributed by atoms with E-state index in [1.165, 1.54) is 32.2 Å². The van der Waals surface area contributed by atoms with Crippen LogP contribution in [0.3, 0.4) is 0 Å². The van der Waals surface area contributed by atoms with E-state index < -0.39 is 22.7 Å². The SMILES string of the molecule is CCOC(=O)c1c(NC(=O)c2cccc([N+](=O)[O-])c2C)sc(C(=O)Nc2ccc(OC)cc2)c1C. The second kappa shape index (κ2) is 10.8. The third kappa shape index (κ3) is 5.46. The summed E-state index contributed by atoms with van der Waals surface area (Å²) in [4.78, 5) is 49.5. The van der Waals surface area contributed by atoms with Crippen molar-refractivity contribution in [3.8, 4) is 5.75 Å². The van der Waals surface area contributed by atoms with Gasteiger partial charge in [0.2, 0.25) is 0 Å². The van der Waals surface area contributed by atoms with E-state index in [4.69, 9.17) is 9.47 Å². The third-order valence-corrected chi connectivity index (χ3v) is 6.36. The maximum Gasteiger partial charge on any atom is 0.341 e. The number of amides is 2. The summed E-state index contributed by atoms with van der Waals surface area (Å²) in [5.74, 6) is -1.20. The van der Waals surface area contributed by atoms with Gasteiger partial charge in [-0.2, -0.15) is 0 Å². The summed E-state index contributed by atoms with van der Waals surface area (Å²) in [6.45, 7) is 4.78. The maximum absolute atomic E-state index is 13.0. The van der Waals surface area contributed by atoms with Gasteiger partial charge in [-0.15, -0.1) is 11.3 Å². The molecular formula is C24H23N3O7S. The van der Waals surface area contributed by atoms with Crippen LogP contribution in [0.15, 0.2) is 42.5 Å². The molecule has 0 saturated heterocycles. The van der Waals surface area contributed by atoms with Gasteiger partial charge in [-0.05, 0) is 56.7 Å². The number of methoxy groups -OCH3 is 1. The van der Waals surface area contributed by atoms with E-state index in [2.05, 4.69) is 10.6 Å². The molecule has 182 valence electrons. The van der Waals surface area contributed by atoms with Crippen molar-refractivity contribution < 1.29 is 28.8 Å². The standard InChI is InChI=1S/C24H23N3O7S/c1-5-34-24(30)19-14(3)20(22(29)25-15-9-11-16(33-4)12-10-15)35-23(19)26-21(28)17-7-6-8-18(13(17)2)27(31)32/h6-12H,5H2,1-4H3,(H,25,29)(H,26,28). The van der Waals surface area contributed by atoms with Crippen LogP contribution >= 0.6 is 11.3 Å². The summed E-state index contributed by atoms with van der Waals surface area (Å²) >= 11 is 0.911. The Morgan fingerprint density at radius 2 is 1.69 bits per heavy atom. The molecule has 0 radical (unpaired) electrons. The molecule has 2 amide bonds. The van der Waals surface area contributed by atoms with E-state index in [0.717, 1.165) is 11.3 Å². The number of hydrogen-bond donors (Lipinski definition) is 2. The number of carbonyl (C=O) groups is 3. The summed E-state index contributed by atoms with van der Waals surface area (Å²) in [5, 5.41) is 16.7. The van der Waals surface area contributed by atoms with Crippen LogP contribution in [0.25, 0.3) is 0 Å². The van der Waals surface area contributed by atoms with Crippen molar-refractivity contribution in [1.29, 1.82) is 0 Å². The average molecular weight is 498 g/mol. The van der Waals surface area contributed by atoms with Crippen molar-refractivity contribution in [2.75, 3.05) is 24.4 Å². The molecule has 0 aliphatic heterocycles. The van der Waals surface area contributed by atoms with E-state index >= 15 is 0 Å². The van der Waals surface area contributed by atoms with Gasteiger partial charge in [-0.25, -0.2) is 4.79 Å². The van der Waals surface area contributed by atoms with Crippen LogP contribution < -0.4 is 15.4 Å². The smallest absolute Gasteiger partial charge is 0.341 e. The first-order valence-electron chi connectivity index (χ1n) is 10.5. The van der Waals surface area contributed by atoms with Gasteiger partial charge < -0.3 is 20.1 Å². The number of rotatable bonds is 8. The first-order chi connectivity index (χ1) is 16.7. The number of ether oxygens (including phenoxy) is 2. The molecule has 1 aromatic heterocycles. The highest BCUT2D eigenvalue weighted by Crippen LogP contribution is 2.35. The van der Waals surface area contributed by atoms with Crippen molar-refractivity contribution in [1.82, 2.24) is 0 Å². The van der Waals surface area contributed by atoms with Gasteiger partial charge in [-0.1, -0.05) is 6.07 Å². The quantitative estimate of drug-likeness (QED) is 0.255. The molecule has 2 aromatic carbocycles. The predicted molar refractivity (Wildman–Crippen MR) is 132 cm³/mol. The number of nitro groups is 1. The lowest BCUT2D eigenvalue weighted by molar-refractivity contribution is -0.385. The monoisotopic (exact) mass is 497 g/mol. The lowest BCUT2D eigenvalue weighted by atomic mass is 10.1. The van der Waals surface area contributed by atoms with Crippen molar-refractivity contribution in [2.24, 2.45) is 0 Å². The van der Waals surface area contributed by atoms with Crippen molar-refractivity contribution in [3.05, 3.63) is 79.7 Å². The number of nitrogens with zero attached hydrogens (tertiary/aromatic N) is 1. The maximum atomic E-state index is 13.0. The Morgan fingerprint density at radius 1 is 1.00 bits per heavy atom. The van der Waals surface area contributed by atoms with Gasteiger partial charge in [0, 0.05) is 22.9 Å². The Morgan fingerprint density at radius 3 is 2.29 bits per heavy atom. The third-order valence-electron chi connectivity index (χ3n) is 5.15. The summed E-state index contributed by atoms with van der Waals surface area (Å²) < 4.78 is 10.2. The molecule has 0 fully saturated rings. The zero-order valence-corrected chi connectivity index (χ0v) is 20.3. The molecule has 0 aliphatic carbocycles. The molecule has 2 N–H and O–H groups in total. The molecule has 11 heteroatoms. The Labute approximate surface area is 205 Å². The molecule has 0 saturated carbocycles. The molecule has 3 rings (SSSR count). The summed E-state index contributed by atoms with van der Waals surface area (Å²) in [6, 6.07) is 10.9. The molecule has 3 aromatic rings. The number of thiophene rings is 1. The second-order valence-electron chi connectivity index (χ2n) is 7.32. The Bertz CT molecular complexity index is 1300. The number of hydrogen-bond acceptors (Lipinski definition) is 8. The van der Waals surface area contributed by atoms with Crippen molar-refractivity contribution >= 4 is 45.5 Å². The minimum absolute atomic E-state index is 0.0492. The van der Waals surface area contributed by atoms with Crippen LogP contribution in [-0.4, -0.2) is 36.4 Å². The molecule has 0 atom stereocenters. The summed E-state index contributed by atoms with van der Waals surface area (Å²) in [5.41, 5.74) is 0.950. The minimum atomic E-state index is -0.698. The predicted octanol–water partition coefficient (Wildman–Crippen LogP) is 4.96. The Hall–Kier alpha value is -4.25. The highest BCUT2D eigenvalue weighted by atomic mass is 32.1. The molecule has 0 spiro atoms. The molecule has 0 bridgehead atoms. The topological polar surface area (TPSA) is 137 Å². The van der Waals surface area contributed by atoms with E-state index in [0.29, 0.717) is 17.0 Å². The zero-order valence-electron chi connectivity index (χ0n) is 19.5. The van der Waals surface area contributed by atoms with Crippen LogP contribution in [0, 0.1) is 24.0 Å². The largest absolute Gasteiger partial charge is 0.497 e. The van der Waals surface area contributed by atoms with E-state index in [9.17, 15) is 24.5 Å². The fraction of sp³-hybridized carbons (Fsp3) is 0.208. The fourth-order valence-electron chi connectivity index (χ4n) is 3.37. The lowest BCUT2D eigenvalue weighted by Crippen LogP contribution is -2.16. The molecule has 0 aliphatic rings. The van der Waals surface area contributed by atoms with E-state index in [-0.39, 0.29) is 38.9 Å². The first kappa shape index (κ1) is 25.4. The normalized spacial score (nSPS) is 10.4. The molecule has 1 heterocycles. The molecular weight excluding hydrogens is 474 g/mol. The molecule has 10 nitrogen and oxygen atoms in total. The van der Waals surface area contributed by atoms with Gasteiger partial charge in [0.1, 0.15) is 10.8 Å². The number of carbonyl (C=O) groups excluding carboxylic acids is 3. The van der Waals surface area contributed by atoms with Crippen molar-refractivity contribution in [2.45, 2.75) is 20.8 Å². The summed E-state index contributed by atoms with van der Waals surface area (Å²) in [6.07, 6.45) is 0. The highest BCUT2D eigenvalue weighted by Gasteiger charge is 2.28. The Balaban J connectivity index is 1.96. The highest BCUT2D eigenvalue weighted by molar-refractivity contribution is 7.19. The van der Waals surface area contributed by atoms with Crippen LogP contribution in [0.4, 0.5) is 16.4 Å². The van der Waals surface area contributed by atoms with Crippen LogP contribution in [0.5, 0.6) is 5.75 Å². The Kier molecular flexibility index (Phi) is 7.82. The number of nitrogens with one attached hydrogen (secondary N) is 2. The lowest BCUT2D eigenvalue weighted by Gasteiger charge is -2.09. The van der Waals surface area contributed by atoms with Crippen molar-refractivity contribution in [3.63, 3.8) is 0 Å². The van der Waals surface area contributed by atoms with Crippen LogP contribution in [-0.2, 0) is 4.74 Å². The van der Waals surface area contributed by atoms with E-state index in [1.54, 1.807) is 38.1 Å². The van der Waals surface area contributed by atoms with Gasteiger partial charge in [0.25, 0.3) is 17.5 Å². The zero-order chi connectivity index (χ0) is 25.7. The van der Waals surface area contributed by atoms with Gasteiger partial charge >= 0.3 is 5.97 Å². The number of nitro benzene ring substituents is 1. The first-order valence-corrected chi connectivity index (χ1v) is 11.3. The second-order valence-corrected chi connectivity index (χ2v) is 8.34. The summed E-state index contributed by atoms with van der Waals surface area (Å²) in [7, 11) is 1.53. The number of benzene rings is 2. The van der Waals surface area contributed by atoms with Crippen LogP contribution in [0.2, 0.25) is 0 Å². The van der Waals surface area contributed by atoms with Crippen LogP contribution in [0.1, 0.15) is 48.4 Å². The average Bonchev–Trinajstić information content (AvgIpc) is 3.15. The molecule has 0 unspecified atom stereocenters. The van der Waals surface area contributed by atoms with Gasteiger partial charge in [0.05, 0.1) is 29.1 Å². The minimum Gasteiger partial charge on any atom is -0.497 e. The van der Waals surface area contributed by atoms with E-state index in [1.807, 2.05) is 0 Å². The van der Waals surface area contributed by atoms with Gasteiger partial charge in [-0.3, -0.25) is 19.7 Å². The number of anilines is 2. The van der Waals surface area contributed by atoms with Gasteiger partial charge in [0.15, 0.2) is 0 Å². The molecule has 35 heavy (non-hydrogen) atoms. The number of esters is 1.